The molecule has 1 aliphatic heterocycles. The predicted octanol–water partition coefficient (Wildman–Crippen LogP) is 5.75. The van der Waals surface area contributed by atoms with E-state index in [-0.39, 0.29) is 6.10 Å². The van der Waals surface area contributed by atoms with Crippen LogP contribution in [-0.2, 0) is 23.4 Å². The van der Waals surface area contributed by atoms with Crippen molar-refractivity contribution in [1.82, 2.24) is 4.90 Å². The maximum Gasteiger partial charge on any atom is 0.173 e. The van der Waals surface area contributed by atoms with E-state index in [1.165, 1.54) is 5.56 Å². The molecule has 0 aliphatic carbocycles. The van der Waals surface area contributed by atoms with Crippen molar-refractivity contribution in [3.05, 3.63) is 131 Å². The second kappa shape index (κ2) is 10.4. The van der Waals surface area contributed by atoms with E-state index in [0.717, 1.165) is 49.4 Å². The molecule has 1 N–H and O–H groups in total. The zero-order valence-electron chi connectivity index (χ0n) is 19.3. The van der Waals surface area contributed by atoms with Gasteiger partial charge in [-0.3, -0.25) is 4.90 Å². The summed E-state index contributed by atoms with van der Waals surface area (Å²) in [5, 5.41) is 12.0. The van der Waals surface area contributed by atoms with Crippen LogP contribution in [0.1, 0.15) is 41.1 Å². The number of ether oxygens (including phenoxy) is 1. The minimum Gasteiger partial charge on any atom is -0.461 e. The van der Waals surface area contributed by atoms with E-state index in [1.807, 2.05) is 78.9 Å². The van der Waals surface area contributed by atoms with E-state index < -0.39 is 5.60 Å². The van der Waals surface area contributed by atoms with Gasteiger partial charge in [0, 0.05) is 19.7 Å². The third kappa shape index (κ3) is 5.00. The number of rotatable bonds is 9. The van der Waals surface area contributed by atoms with Crippen LogP contribution in [0.4, 0.5) is 0 Å². The van der Waals surface area contributed by atoms with E-state index in [2.05, 4.69) is 29.2 Å². The SMILES string of the molecule is OC(c1ccccc1)(c1ccccc1)c1ccc(CN(Cc2ccccc2)C[C@H]2CCCO2)o1. The molecule has 4 heteroatoms. The highest BCUT2D eigenvalue weighted by atomic mass is 16.5. The first-order valence-electron chi connectivity index (χ1n) is 12.0. The maximum atomic E-state index is 12.0. The van der Waals surface area contributed by atoms with Gasteiger partial charge in [0.2, 0.25) is 0 Å². The monoisotopic (exact) mass is 453 g/mol. The van der Waals surface area contributed by atoms with Gasteiger partial charge in [0.1, 0.15) is 11.5 Å². The first kappa shape index (κ1) is 22.6. The molecule has 5 rings (SSSR count). The normalized spacial score (nSPS) is 16.2. The Balaban J connectivity index is 1.43. The lowest BCUT2D eigenvalue weighted by Crippen LogP contribution is -2.31. The fraction of sp³-hybridized carbons (Fsp3) is 0.267. The summed E-state index contributed by atoms with van der Waals surface area (Å²) in [5.74, 6) is 1.35. The van der Waals surface area contributed by atoms with Gasteiger partial charge in [0.05, 0.1) is 12.6 Å². The summed E-state index contributed by atoms with van der Waals surface area (Å²) in [4.78, 5) is 2.37. The van der Waals surface area contributed by atoms with Gasteiger partial charge in [-0.1, -0.05) is 91.0 Å². The van der Waals surface area contributed by atoms with Crippen molar-refractivity contribution in [3.8, 4) is 0 Å². The van der Waals surface area contributed by atoms with Gasteiger partial charge in [-0.2, -0.15) is 0 Å². The predicted molar refractivity (Wildman–Crippen MR) is 133 cm³/mol. The van der Waals surface area contributed by atoms with Crippen LogP contribution in [0, 0.1) is 0 Å². The molecule has 0 amide bonds. The number of hydrogen-bond donors (Lipinski definition) is 1. The lowest BCUT2D eigenvalue weighted by Gasteiger charge is -2.28. The third-order valence-corrected chi connectivity index (χ3v) is 6.52. The topological polar surface area (TPSA) is 45.8 Å². The number of nitrogens with zero attached hydrogens (tertiary/aromatic N) is 1. The fourth-order valence-electron chi connectivity index (χ4n) is 4.79. The number of benzene rings is 3. The minimum absolute atomic E-state index is 0.253. The molecule has 1 aromatic heterocycles. The van der Waals surface area contributed by atoms with E-state index in [1.54, 1.807) is 0 Å². The second-order valence-corrected chi connectivity index (χ2v) is 9.00. The maximum absolute atomic E-state index is 12.0. The quantitative estimate of drug-likeness (QED) is 0.351. The molecule has 3 aromatic carbocycles. The molecule has 0 radical (unpaired) electrons. The molecule has 174 valence electrons. The van der Waals surface area contributed by atoms with Crippen LogP contribution in [0.2, 0.25) is 0 Å². The molecule has 1 atom stereocenters. The zero-order chi connectivity index (χ0) is 23.2. The Labute approximate surface area is 201 Å². The average molecular weight is 454 g/mol. The summed E-state index contributed by atoms with van der Waals surface area (Å²) in [7, 11) is 0. The lowest BCUT2D eigenvalue weighted by molar-refractivity contribution is 0.0630. The molecule has 2 heterocycles. The summed E-state index contributed by atoms with van der Waals surface area (Å²) >= 11 is 0. The van der Waals surface area contributed by atoms with Crippen molar-refractivity contribution in [2.45, 2.75) is 37.6 Å². The Kier molecular flexibility index (Phi) is 6.91. The van der Waals surface area contributed by atoms with Crippen LogP contribution >= 0.6 is 0 Å². The van der Waals surface area contributed by atoms with Crippen molar-refractivity contribution in [2.75, 3.05) is 13.2 Å². The van der Waals surface area contributed by atoms with Crippen LogP contribution < -0.4 is 0 Å². The van der Waals surface area contributed by atoms with Gasteiger partial charge >= 0.3 is 0 Å². The lowest BCUT2D eigenvalue weighted by atomic mass is 9.84. The minimum atomic E-state index is -1.36. The molecule has 0 unspecified atom stereocenters. The largest absolute Gasteiger partial charge is 0.461 e. The number of hydrogen-bond acceptors (Lipinski definition) is 4. The Morgan fingerprint density at radius 2 is 1.38 bits per heavy atom. The highest BCUT2D eigenvalue weighted by Crippen LogP contribution is 2.37. The number of aliphatic hydroxyl groups is 1. The van der Waals surface area contributed by atoms with Gasteiger partial charge in [0.25, 0.3) is 0 Å². The van der Waals surface area contributed by atoms with E-state index >= 15 is 0 Å². The molecule has 0 spiro atoms. The van der Waals surface area contributed by atoms with Gasteiger partial charge in [-0.15, -0.1) is 0 Å². The fourth-order valence-corrected chi connectivity index (χ4v) is 4.79. The Morgan fingerprint density at radius 1 is 0.765 bits per heavy atom. The summed E-state index contributed by atoms with van der Waals surface area (Å²) in [5.41, 5.74) is 1.46. The van der Waals surface area contributed by atoms with E-state index in [0.29, 0.717) is 12.3 Å². The molecule has 1 aliphatic rings. The third-order valence-electron chi connectivity index (χ3n) is 6.52. The number of furan rings is 1. The molecule has 4 aromatic rings. The molecule has 0 bridgehead atoms. The van der Waals surface area contributed by atoms with Crippen LogP contribution in [0.5, 0.6) is 0 Å². The molecular formula is C30H31NO3. The van der Waals surface area contributed by atoms with Crippen LogP contribution in [-0.4, -0.2) is 29.3 Å². The molecule has 0 saturated carbocycles. The summed E-state index contributed by atoms with van der Waals surface area (Å²) in [6, 6.07) is 33.8. The first-order chi connectivity index (χ1) is 16.7. The van der Waals surface area contributed by atoms with Crippen molar-refractivity contribution in [2.24, 2.45) is 0 Å². The van der Waals surface area contributed by atoms with Gasteiger partial charge in [-0.05, 0) is 41.7 Å². The average Bonchev–Trinajstić information content (AvgIpc) is 3.58. The standard InChI is InChI=1S/C30H31NO3/c32-30(25-13-6-2-7-14-25,26-15-8-3-9-16-26)29-19-18-28(34-29)23-31(22-27-17-10-20-33-27)21-24-11-4-1-5-12-24/h1-9,11-16,18-19,27,32H,10,17,20-23H2/t27-/m1/s1. The molecule has 1 fully saturated rings. The van der Waals surface area contributed by atoms with Crippen LogP contribution in [0.3, 0.4) is 0 Å². The van der Waals surface area contributed by atoms with Crippen molar-refractivity contribution in [1.29, 1.82) is 0 Å². The first-order valence-corrected chi connectivity index (χ1v) is 12.0. The van der Waals surface area contributed by atoms with Crippen molar-refractivity contribution < 1.29 is 14.3 Å². The van der Waals surface area contributed by atoms with Gasteiger partial charge in [-0.25, -0.2) is 0 Å². The molecule has 4 nitrogen and oxygen atoms in total. The Bertz CT molecular complexity index is 1110. The summed E-state index contributed by atoms with van der Waals surface area (Å²) < 4.78 is 12.3. The smallest absolute Gasteiger partial charge is 0.173 e. The highest BCUT2D eigenvalue weighted by molar-refractivity contribution is 5.43. The van der Waals surface area contributed by atoms with E-state index in [4.69, 9.17) is 9.15 Å². The highest BCUT2D eigenvalue weighted by Gasteiger charge is 2.37. The molecule has 34 heavy (non-hydrogen) atoms. The second-order valence-electron chi connectivity index (χ2n) is 9.00. The Morgan fingerprint density at radius 3 is 1.97 bits per heavy atom. The summed E-state index contributed by atoms with van der Waals surface area (Å²) in [6.07, 6.45) is 2.47. The van der Waals surface area contributed by atoms with E-state index in [9.17, 15) is 5.11 Å². The van der Waals surface area contributed by atoms with Crippen LogP contribution in [0.15, 0.2) is 108 Å². The zero-order valence-corrected chi connectivity index (χ0v) is 19.3. The molecule has 1 saturated heterocycles. The Hall–Kier alpha value is -3.18. The van der Waals surface area contributed by atoms with Crippen molar-refractivity contribution >= 4 is 0 Å². The van der Waals surface area contributed by atoms with Gasteiger partial charge < -0.3 is 14.3 Å². The van der Waals surface area contributed by atoms with Crippen molar-refractivity contribution in [3.63, 3.8) is 0 Å². The van der Waals surface area contributed by atoms with Crippen LogP contribution in [0.25, 0.3) is 0 Å². The molecular weight excluding hydrogens is 422 g/mol. The summed E-state index contributed by atoms with van der Waals surface area (Å²) in [6.45, 7) is 3.16. The van der Waals surface area contributed by atoms with Gasteiger partial charge in [0.15, 0.2) is 5.60 Å².